The zero-order valence-corrected chi connectivity index (χ0v) is 26.9. The molecule has 0 saturated carbocycles. The average Bonchev–Trinajstić information content (AvgIpc) is 3.02. The minimum absolute atomic E-state index is 0.0176. The van der Waals surface area contributed by atoms with Gasteiger partial charge < -0.3 is 40.0 Å². The molecule has 2 heterocycles. The van der Waals surface area contributed by atoms with E-state index in [4.69, 9.17) is 14.2 Å². The molecule has 0 spiro atoms. The summed E-state index contributed by atoms with van der Waals surface area (Å²) in [5.41, 5.74) is 1.18. The number of ether oxygens (including phenoxy) is 3. The lowest BCUT2D eigenvalue weighted by molar-refractivity contribution is -0.394. The summed E-state index contributed by atoms with van der Waals surface area (Å²) in [6.45, 7) is 1.83. The van der Waals surface area contributed by atoms with Crippen molar-refractivity contribution in [2.45, 2.75) is 165 Å². The van der Waals surface area contributed by atoms with Crippen molar-refractivity contribution in [2.75, 3.05) is 13.2 Å². The quantitative estimate of drug-likeness (QED) is 0.106. The first-order valence-corrected chi connectivity index (χ1v) is 17.4. The Morgan fingerprint density at radius 1 is 0.841 bits per heavy atom. The van der Waals surface area contributed by atoms with E-state index in [-0.39, 0.29) is 12.5 Å². The molecule has 1 amide bonds. The molecule has 44 heavy (non-hydrogen) atoms. The number of carbonyl (C=O) groups is 1. The minimum atomic E-state index is -1.24. The van der Waals surface area contributed by atoms with Gasteiger partial charge in [-0.2, -0.15) is 0 Å². The van der Waals surface area contributed by atoms with E-state index in [1.165, 1.54) is 69.8 Å². The maximum atomic E-state index is 12.8. The molecule has 2 aliphatic rings. The van der Waals surface area contributed by atoms with Gasteiger partial charge in [-0.1, -0.05) is 121 Å². The molecule has 252 valence electrons. The van der Waals surface area contributed by atoms with Gasteiger partial charge in [-0.3, -0.25) is 4.79 Å². The summed E-state index contributed by atoms with van der Waals surface area (Å²) in [6, 6.07) is 9.42. The van der Waals surface area contributed by atoms with E-state index < -0.39 is 55.6 Å². The summed E-state index contributed by atoms with van der Waals surface area (Å²) in [7, 11) is 0. The average molecular weight is 622 g/mol. The molecule has 1 aromatic rings. The van der Waals surface area contributed by atoms with Crippen LogP contribution in [0.1, 0.15) is 115 Å². The van der Waals surface area contributed by atoms with Crippen LogP contribution >= 0.6 is 0 Å². The summed E-state index contributed by atoms with van der Waals surface area (Å²) in [4.78, 5) is 12.8. The lowest BCUT2D eigenvalue weighted by Gasteiger charge is -2.52. The minimum Gasteiger partial charge on any atom is -0.394 e. The largest absolute Gasteiger partial charge is 0.394 e. The molecule has 0 aliphatic carbocycles. The fraction of sp³-hybridized carbons (Fsp3) is 0.800. The molecule has 0 bridgehead atoms. The highest BCUT2D eigenvalue weighted by molar-refractivity contribution is 5.76. The van der Waals surface area contributed by atoms with E-state index in [2.05, 4.69) is 12.2 Å². The molecule has 8 atom stereocenters. The highest BCUT2D eigenvalue weighted by atomic mass is 16.7. The number of aryl methyl sites for hydroxylation is 1. The fourth-order valence-electron chi connectivity index (χ4n) is 6.17. The van der Waals surface area contributed by atoms with Gasteiger partial charge in [0.2, 0.25) is 5.91 Å². The second-order valence-corrected chi connectivity index (χ2v) is 12.7. The molecule has 3 rings (SSSR count). The van der Waals surface area contributed by atoms with Crippen LogP contribution in [0.4, 0.5) is 0 Å². The van der Waals surface area contributed by atoms with E-state index in [1.54, 1.807) is 0 Å². The number of hydrogen-bond donors (Lipinski definition) is 5. The Hall–Kier alpha value is -1.59. The maximum absolute atomic E-state index is 12.8. The monoisotopic (exact) mass is 621 g/mol. The zero-order chi connectivity index (χ0) is 31.6. The van der Waals surface area contributed by atoms with Crippen molar-refractivity contribution in [1.82, 2.24) is 5.32 Å². The molecule has 0 aromatic heterocycles. The maximum Gasteiger partial charge on any atom is 0.220 e. The van der Waals surface area contributed by atoms with Crippen LogP contribution in [0.3, 0.4) is 0 Å². The number of benzene rings is 1. The first-order chi connectivity index (χ1) is 21.4. The van der Waals surface area contributed by atoms with Gasteiger partial charge in [0.05, 0.1) is 25.4 Å². The van der Waals surface area contributed by atoms with Crippen LogP contribution in [0.25, 0.3) is 0 Å². The van der Waals surface area contributed by atoms with E-state index in [0.29, 0.717) is 19.3 Å². The van der Waals surface area contributed by atoms with Gasteiger partial charge in [0, 0.05) is 6.42 Å². The predicted octanol–water partition coefficient (Wildman–Crippen LogP) is 4.56. The molecule has 0 radical (unpaired) electrons. The lowest BCUT2D eigenvalue weighted by Crippen LogP contribution is -2.70. The third kappa shape index (κ3) is 12.7. The smallest absolute Gasteiger partial charge is 0.220 e. The van der Waals surface area contributed by atoms with Gasteiger partial charge >= 0.3 is 0 Å². The molecule has 2 aliphatic heterocycles. The van der Waals surface area contributed by atoms with Gasteiger partial charge in [-0.25, -0.2) is 0 Å². The number of amides is 1. The van der Waals surface area contributed by atoms with E-state index in [9.17, 15) is 25.2 Å². The van der Waals surface area contributed by atoms with Gasteiger partial charge in [0.25, 0.3) is 0 Å². The molecule has 9 heteroatoms. The lowest BCUT2D eigenvalue weighted by atomic mass is 9.91. The highest BCUT2D eigenvalue weighted by Crippen LogP contribution is 2.35. The molecule has 1 aromatic carbocycles. The number of nitrogens with one attached hydrogen (secondary N) is 1. The van der Waals surface area contributed by atoms with Crippen LogP contribution in [-0.4, -0.2) is 88.5 Å². The zero-order valence-electron chi connectivity index (χ0n) is 26.9. The Morgan fingerprint density at radius 3 is 2.07 bits per heavy atom. The van der Waals surface area contributed by atoms with Crippen molar-refractivity contribution in [3.63, 3.8) is 0 Å². The molecule has 2 fully saturated rings. The number of unbranched alkanes of at least 4 members (excludes halogenated alkanes) is 12. The van der Waals surface area contributed by atoms with Gasteiger partial charge in [0.15, 0.2) is 6.29 Å². The molecule has 2 saturated heterocycles. The third-order valence-corrected chi connectivity index (χ3v) is 9.03. The highest BCUT2D eigenvalue weighted by Gasteiger charge is 2.56. The number of fused-ring (bicyclic) bond motifs is 1. The molecule has 5 N–H and O–H groups in total. The topological polar surface area (TPSA) is 138 Å². The number of aliphatic hydroxyl groups excluding tert-OH is 4. The standard InChI is InChI=1S/C35H59NO8/c1-2-3-4-5-6-7-8-9-10-11-12-13-17-22-28(38)27(36-30(39)23-18-21-26-19-15-14-16-20-26)25-42-35-34-33(44-35)32(41)31(40)29(24-37)43-34/h14-16,19-20,27-29,31-35,37-38,40-41H,2-13,17-18,21-25H2,1H3,(H,36,39)/t27-,28?,29?,31?,32?,33?,34+,35?/m0/s1. The first-order valence-electron chi connectivity index (χ1n) is 17.4. The SMILES string of the molecule is CCCCCCCCCCCCCCCC(O)[C@H](COC1OC2C(O)C(O)C(CO)O[C@@H]12)NC(=O)CCCc1ccccc1. The number of carbonyl (C=O) groups excluding carboxylic acids is 1. The molecule has 6 unspecified atom stereocenters. The molecular formula is C35H59NO8. The van der Waals surface area contributed by atoms with Crippen LogP contribution in [0.2, 0.25) is 0 Å². The molecule has 9 nitrogen and oxygen atoms in total. The normalized spacial score (nSPS) is 26.0. The second-order valence-electron chi connectivity index (χ2n) is 12.7. The number of hydrogen-bond acceptors (Lipinski definition) is 8. The van der Waals surface area contributed by atoms with Crippen LogP contribution in [0, 0.1) is 0 Å². The van der Waals surface area contributed by atoms with Crippen LogP contribution in [-0.2, 0) is 25.4 Å². The number of rotatable bonds is 24. The van der Waals surface area contributed by atoms with Crippen LogP contribution in [0.5, 0.6) is 0 Å². The second kappa shape index (κ2) is 21.3. The Morgan fingerprint density at radius 2 is 1.45 bits per heavy atom. The van der Waals surface area contributed by atoms with Crippen molar-refractivity contribution < 1.29 is 39.4 Å². The van der Waals surface area contributed by atoms with Crippen molar-refractivity contribution in [3.8, 4) is 0 Å². The summed E-state index contributed by atoms with van der Waals surface area (Å²) in [6.07, 6.45) is 12.3. The Bertz CT molecular complexity index is 887. The van der Waals surface area contributed by atoms with E-state index in [1.807, 2.05) is 30.3 Å². The molecular weight excluding hydrogens is 562 g/mol. The third-order valence-electron chi connectivity index (χ3n) is 9.03. The van der Waals surface area contributed by atoms with Crippen molar-refractivity contribution in [2.24, 2.45) is 0 Å². The van der Waals surface area contributed by atoms with Crippen molar-refractivity contribution in [1.29, 1.82) is 0 Å². The van der Waals surface area contributed by atoms with Crippen LogP contribution in [0.15, 0.2) is 30.3 Å². The van der Waals surface area contributed by atoms with Gasteiger partial charge in [0.1, 0.15) is 30.5 Å². The first kappa shape index (κ1) is 36.9. The van der Waals surface area contributed by atoms with Crippen molar-refractivity contribution >= 4 is 5.91 Å². The predicted molar refractivity (Wildman–Crippen MR) is 170 cm³/mol. The van der Waals surface area contributed by atoms with Gasteiger partial charge in [-0.05, 0) is 24.8 Å². The number of aliphatic hydroxyl groups is 4. The van der Waals surface area contributed by atoms with Crippen LogP contribution < -0.4 is 5.32 Å². The summed E-state index contributed by atoms with van der Waals surface area (Å²) in [5.74, 6) is -0.140. The van der Waals surface area contributed by atoms with Crippen molar-refractivity contribution in [3.05, 3.63) is 35.9 Å². The fourth-order valence-corrected chi connectivity index (χ4v) is 6.17. The summed E-state index contributed by atoms with van der Waals surface area (Å²) in [5, 5.41) is 43.8. The summed E-state index contributed by atoms with van der Waals surface area (Å²) >= 11 is 0. The van der Waals surface area contributed by atoms with E-state index >= 15 is 0 Å². The Labute approximate surface area is 264 Å². The Kier molecular flexibility index (Phi) is 17.8. The Balaban J connectivity index is 1.37. The van der Waals surface area contributed by atoms with E-state index in [0.717, 1.165) is 25.7 Å². The summed E-state index contributed by atoms with van der Waals surface area (Å²) < 4.78 is 17.2. The van der Waals surface area contributed by atoms with Gasteiger partial charge in [-0.15, -0.1) is 0 Å².